The van der Waals surface area contributed by atoms with Crippen molar-refractivity contribution in [3.63, 3.8) is 0 Å². The van der Waals surface area contributed by atoms with Gasteiger partial charge in [0.1, 0.15) is 0 Å². The van der Waals surface area contributed by atoms with Gasteiger partial charge in [0.2, 0.25) is 0 Å². The number of nitrogens with one attached hydrogen (secondary N) is 1. The Morgan fingerprint density at radius 2 is 1.89 bits per heavy atom. The van der Waals surface area contributed by atoms with Crippen LogP contribution in [0.15, 0.2) is 60.2 Å². The zero-order valence-corrected chi connectivity index (χ0v) is 28.1. The smallest absolute Gasteiger partial charge is 0.379 e. The van der Waals surface area contributed by atoms with Crippen LogP contribution < -0.4 is 15.8 Å². The highest BCUT2D eigenvalue weighted by Crippen LogP contribution is 2.32. The standard InChI is InChI=1S/C39H49F3N2O3/c1-5-30-24-33(21-27(2)3)34(26-36(30)38(46)43-15-16-44-17-19-47-20-18-44)23-28(4)22-29-9-6-11-31(12-7-10-29)37(45)32-13-8-14-35(25-32)39(40,41)42/h8,11,13-14,21,23-26,28-29H,2,5-7,9-10,12,15-20,22H2,1,3-4H3,(H,43,46). The minimum absolute atomic E-state index is 0.0541. The molecule has 0 spiro atoms. The van der Waals surface area contributed by atoms with Gasteiger partial charge in [-0.15, -0.1) is 0 Å². The summed E-state index contributed by atoms with van der Waals surface area (Å²) in [7, 11) is 0. The number of nitrogens with zero attached hydrogens (tertiary/aromatic N) is 1. The zero-order valence-electron chi connectivity index (χ0n) is 28.1. The molecule has 1 saturated heterocycles. The highest BCUT2D eigenvalue weighted by atomic mass is 19.4. The first-order chi connectivity index (χ1) is 22.4. The number of alkyl halides is 3. The fourth-order valence-electron chi connectivity index (χ4n) is 6.65. The van der Waals surface area contributed by atoms with E-state index in [2.05, 4.69) is 48.9 Å². The molecule has 1 aliphatic heterocycles. The predicted molar refractivity (Wildman–Crippen MR) is 183 cm³/mol. The third kappa shape index (κ3) is 10.8. The van der Waals surface area contributed by atoms with E-state index in [0.29, 0.717) is 36.4 Å². The maximum atomic E-state index is 13.4. The number of carbonyl (C=O) groups is 2. The highest BCUT2D eigenvalue weighted by molar-refractivity contribution is 6.08. The van der Waals surface area contributed by atoms with Crippen LogP contribution in [0.5, 0.6) is 0 Å². The molecule has 0 bridgehead atoms. The molecule has 1 heterocycles. The van der Waals surface area contributed by atoms with E-state index in [4.69, 9.17) is 4.74 Å². The van der Waals surface area contributed by atoms with Gasteiger partial charge in [-0.2, -0.15) is 13.2 Å². The monoisotopic (exact) mass is 650 g/mol. The second-order valence-corrected chi connectivity index (χ2v) is 13.0. The maximum Gasteiger partial charge on any atom is 0.416 e. The summed E-state index contributed by atoms with van der Waals surface area (Å²) < 4.78 is 45.0. The van der Waals surface area contributed by atoms with Gasteiger partial charge in [0, 0.05) is 37.3 Å². The molecule has 0 saturated carbocycles. The molecule has 0 radical (unpaired) electrons. The summed E-state index contributed by atoms with van der Waals surface area (Å²) in [6, 6.07) is 8.85. The zero-order chi connectivity index (χ0) is 34.0. The largest absolute Gasteiger partial charge is 0.416 e. The van der Waals surface area contributed by atoms with Gasteiger partial charge >= 0.3 is 6.18 Å². The lowest BCUT2D eigenvalue weighted by atomic mass is 9.83. The van der Waals surface area contributed by atoms with Gasteiger partial charge in [0.05, 0.1) is 18.8 Å². The summed E-state index contributed by atoms with van der Waals surface area (Å²) in [6.07, 6.45) is 7.42. The molecule has 2 aromatic rings. The molecule has 47 heavy (non-hydrogen) atoms. The Morgan fingerprint density at radius 3 is 2.60 bits per heavy atom. The van der Waals surface area contributed by atoms with Crippen LogP contribution in [-0.2, 0) is 17.3 Å². The van der Waals surface area contributed by atoms with Crippen LogP contribution in [0.3, 0.4) is 0 Å². The van der Waals surface area contributed by atoms with E-state index in [1.807, 2.05) is 19.1 Å². The minimum Gasteiger partial charge on any atom is -0.379 e. The maximum absolute atomic E-state index is 13.4. The van der Waals surface area contributed by atoms with Gasteiger partial charge in [0.25, 0.3) is 5.91 Å². The minimum atomic E-state index is -4.48. The fourth-order valence-corrected chi connectivity index (χ4v) is 6.65. The second-order valence-electron chi connectivity index (χ2n) is 13.0. The molecule has 2 aliphatic rings. The van der Waals surface area contributed by atoms with Crippen LogP contribution in [0, 0.1) is 11.8 Å². The lowest BCUT2D eigenvalue weighted by Crippen LogP contribution is -2.41. The average Bonchev–Trinajstić information content (AvgIpc) is 3.02. The van der Waals surface area contributed by atoms with Gasteiger partial charge in [-0.3, -0.25) is 14.5 Å². The summed E-state index contributed by atoms with van der Waals surface area (Å²) in [4.78, 5) is 28.8. The van der Waals surface area contributed by atoms with E-state index in [0.717, 1.165) is 98.7 Å². The normalized spacial score (nSPS) is 19.4. The van der Waals surface area contributed by atoms with Crippen molar-refractivity contribution in [2.75, 3.05) is 39.4 Å². The number of allylic oxidation sites excluding steroid dienone is 3. The quantitative estimate of drug-likeness (QED) is 0.270. The summed E-state index contributed by atoms with van der Waals surface area (Å²) >= 11 is 0. The van der Waals surface area contributed by atoms with Crippen molar-refractivity contribution < 1.29 is 27.5 Å². The number of amides is 1. The topological polar surface area (TPSA) is 58.6 Å². The summed E-state index contributed by atoms with van der Waals surface area (Å²) in [5.74, 6) is 0.335. The molecule has 1 amide bonds. The van der Waals surface area contributed by atoms with Crippen molar-refractivity contribution in [3.05, 3.63) is 92.9 Å². The second kappa shape index (κ2) is 17.1. The first kappa shape index (κ1) is 36.3. The van der Waals surface area contributed by atoms with Crippen molar-refractivity contribution in [2.24, 2.45) is 11.8 Å². The lowest BCUT2D eigenvalue weighted by Gasteiger charge is -2.26. The van der Waals surface area contributed by atoms with E-state index in [-0.39, 0.29) is 23.2 Å². The molecule has 1 fully saturated rings. The summed E-state index contributed by atoms with van der Waals surface area (Å²) in [5, 5.41) is 5.21. The van der Waals surface area contributed by atoms with Gasteiger partial charge in [0.15, 0.2) is 5.78 Å². The number of hydrogen-bond acceptors (Lipinski definition) is 4. The van der Waals surface area contributed by atoms with Crippen LogP contribution in [0.25, 0.3) is 12.2 Å². The number of hydrogen-bond donors (Lipinski definition) is 1. The van der Waals surface area contributed by atoms with E-state index < -0.39 is 11.7 Å². The summed E-state index contributed by atoms with van der Waals surface area (Å²) in [5.41, 5.74) is 2.56. The van der Waals surface area contributed by atoms with E-state index in [1.54, 1.807) is 0 Å². The number of ketones is 1. The fraction of sp³-hybridized carbons (Fsp3) is 0.487. The molecule has 4 rings (SSSR count). The highest BCUT2D eigenvalue weighted by Gasteiger charge is 2.31. The van der Waals surface area contributed by atoms with Crippen LogP contribution in [0.1, 0.15) is 91.1 Å². The van der Waals surface area contributed by atoms with E-state index in [1.165, 1.54) is 12.1 Å². The van der Waals surface area contributed by atoms with E-state index >= 15 is 0 Å². The first-order valence-electron chi connectivity index (χ1n) is 17.0. The number of Topliss-reactive ketones (excluding diaryl/α,β-unsaturated/α-hetero) is 1. The Balaban J connectivity index is 1.45. The van der Waals surface area contributed by atoms with Gasteiger partial charge in [-0.25, -0.2) is 0 Å². The number of ether oxygens (including phenoxy) is 1. The van der Waals surface area contributed by atoms with Crippen LogP contribution in [0.2, 0.25) is 0 Å². The Morgan fingerprint density at radius 1 is 1.13 bits per heavy atom. The van der Waals surface area contributed by atoms with Crippen molar-refractivity contribution in [2.45, 2.75) is 71.9 Å². The summed E-state index contributed by atoms with van der Waals surface area (Å²) in [6.45, 7) is 14.9. The molecule has 1 aliphatic carbocycles. The van der Waals surface area contributed by atoms with Crippen molar-refractivity contribution in [1.82, 2.24) is 10.2 Å². The molecule has 2 aromatic carbocycles. The molecule has 5 nitrogen and oxygen atoms in total. The molecular weight excluding hydrogens is 601 g/mol. The predicted octanol–water partition coefficient (Wildman–Crippen LogP) is 6.88. The Labute approximate surface area is 277 Å². The average molecular weight is 651 g/mol. The number of carbonyl (C=O) groups excluding carboxylic acids is 2. The van der Waals surface area contributed by atoms with Crippen LogP contribution >= 0.6 is 0 Å². The van der Waals surface area contributed by atoms with Crippen molar-refractivity contribution >= 4 is 23.8 Å². The van der Waals surface area contributed by atoms with Crippen LogP contribution in [0.4, 0.5) is 13.2 Å². The molecule has 0 aromatic heterocycles. The van der Waals surface area contributed by atoms with Crippen LogP contribution in [-0.4, -0.2) is 56.0 Å². The molecule has 8 heteroatoms. The molecule has 2 atom stereocenters. The third-order valence-corrected chi connectivity index (χ3v) is 9.09. The third-order valence-electron chi connectivity index (χ3n) is 9.09. The van der Waals surface area contributed by atoms with Gasteiger partial charge in [-0.05, 0) is 97.1 Å². The number of morpholine rings is 1. The van der Waals surface area contributed by atoms with Gasteiger partial charge < -0.3 is 10.1 Å². The number of rotatable bonds is 11. The Bertz CT molecular complexity index is 1570. The van der Waals surface area contributed by atoms with Crippen molar-refractivity contribution in [1.29, 1.82) is 0 Å². The molecule has 254 valence electrons. The molecule has 2 unspecified atom stereocenters. The number of benzene rings is 2. The number of aryl methyl sites for hydroxylation is 1. The number of halogens is 3. The lowest BCUT2D eigenvalue weighted by molar-refractivity contribution is -0.137. The van der Waals surface area contributed by atoms with Crippen molar-refractivity contribution in [3.8, 4) is 0 Å². The SMILES string of the molecule is C=C(C)C=c1cc(CC)c(C(=O)NCCN2CCOCC2)cc1=CC(C)CC1CCC=C(C(=O)c2cccc(C(F)(F)F)c2)CCC1. The Hall–Kier alpha value is -3.49. The first-order valence-corrected chi connectivity index (χ1v) is 17.0. The Kier molecular flexibility index (Phi) is 13.2. The van der Waals surface area contributed by atoms with Gasteiger partial charge in [-0.1, -0.05) is 68.8 Å². The van der Waals surface area contributed by atoms with E-state index in [9.17, 15) is 22.8 Å². The molecule has 1 N–H and O–H groups in total. The molecular formula is C39H49F3N2O3.